The smallest absolute Gasteiger partial charge is 0.241 e. The van der Waals surface area contributed by atoms with Gasteiger partial charge in [0.1, 0.15) is 6.04 Å². The Bertz CT molecular complexity index is 535. The third-order valence-electron chi connectivity index (χ3n) is 2.84. The monoisotopic (exact) mass is 258 g/mol. The molecule has 19 heavy (non-hydrogen) atoms. The van der Waals surface area contributed by atoms with Crippen molar-refractivity contribution in [2.45, 2.75) is 19.5 Å². The molecule has 0 aliphatic heterocycles. The number of nitrogens with one attached hydrogen (secondary N) is 1. The van der Waals surface area contributed by atoms with Gasteiger partial charge in [-0.25, -0.2) is 0 Å². The Morgan fingerprint density at radius 1 is 1.42 bits per heavy atom. The Morgan fingerprint density at radius 2 is 2.16 bits per heavy atom. The van der Waals surface area contributed by atoms with Gasteiger partial charge >= 0.3 is 0 Å². The Kier molecular flexibility index (Phi) is 4.30. The maximum Gasteiger partial charge on any atom is 0.241 e. The Morgan fingerprint density at radius 3 is 2.79 bits per heavy atom. The molecule has 0 aliphatic rings. The van der Waals surface area contributed by atoms with Gasteiger partial charge in [0.25, 0.3) is 0 Å². The summed E-state index contributed by atoms with van der Waals surface area (Å²) in [5, 5.41) is 6.96. The summed E-state index contributed by atoms with van der Waals surface area (Å²) in [5.74, 6) is -0.171. The molecule has 0 aliphatic carbocycles. The Hall–Kier alpha value is -2.14. The van der Waals surface area contributed by atoms with Crippen molar-refractivity contribution in [3.05, 3.63) is 53.9 Å². The van der Waals surface area contributed by atoms with E-state index in [2.05, 4.69) is 10.4 Å². The first-order valence-electron chi connectivity index (χ1n) is 6.24. The van der Waals surface area contributed by atoms with Crippen molar-refractivity contribution in [2.75, 3.05) is 6.54 Å². The van der Waals surface area contributed by atoms with Gasteiger partial charge in [-0.15, -0.1) is 0 Å². The number of aryl methyl sites for hydroxylation is 1. The third kappa shape index (κ3) is 3.66. The number of amides is 1. The van der Waals surface area contributed by atoms with E-state index in [9.17, 15) is 4.79 Å². The van der Waals surface area contributed by atoms with Crippen molar-refractivity contribution >= 4 is 5.91 Å². The van der Waals surface area contributed by atoms with E-state index in [1.165, 1.54) is 0 Å². The quantitative estimate of drug-likeness (QED) is 0.840. The molecule has 1 heterocycles. The van der Waals surface area contributed by atoms with E-state index in [4.69, 9.17) is 5.73 Å². The minimum absolute atomic E-state index is 0.171. The standard InChI is InChI=1S/C14H18N4O/c1-11-9-17-18(10-11)8-7-16-14(19)13(15)12-5-3-2-4-6-12/h2-6,9-10,13H,7-8,15H2,1H3,(H,16,19). The summed E-state index contributed by atoms with van der Waals surface area (Å²) in [6.07, 6.45) is 3.72. The summed E-state index contributed by atoms with van der Waals surface area (Å²) in [6, 6.07) is 8.71. The number of rotatable bonds is 5. The molecule has 2 rings (SSSR count). The van der Waals surface area contributed by atoms with Crippen molar-refractivity contribution in [1.82, 2.24) is 15.1 Å². The van der Waals surface area contributed by atoms with Crippen LogP contribution in [0.3, 0.4) is 0 Å². The molecule has 2 aromatic rings. The molecule has 1 aromatic carbocycles. The number of nitrogens with two attached hydrogens (primary N) is 1. The summed E-state index contributed by atoms with van der Waals surface area (Å²) < 4.78 is 1.80. The fraction of sp³-hybridized carbons (Fsp3) is 0.286. The van der Waals surface area contributed by atoms with Crippen LogP contribution in [-0.2, 0) is 11.3 Å². The molecule has 0 saturated carbocycles. The topological polar surface area (TPSA) is 72.9 Å². The van der Waals surface area contributed by atoms with Gasteiger partial charge in [0.15, 0.2) is 0 Å². The number of carbonyl (C=O) groups is 1. The number of aromatic nitrogens is 2. The zero-order valence-electron chi connectivity index (χ0n) is 10.9. The summed E-state index contributed by atoms with van der Waals surface area (Å²) >= 11 is 0. The molecule has 3 N–H and O–H groups in total. The number of nitrogens with zero attached hydrogens (tertiary/aromatic N) is 2. The van der Waals surface area contributed by atoms with Gasteiger partial charge in [-0.2, -0.15) is 5.10 Å². The normalized spacial score (nSPS) is 12.1. The zero-order valence-corrected chi connectivity index (χ0v) is 10.9. The van der Waals surface area contributed by atoms with Crippen LogP contribution < -0.4 is 11.1 Å². The van der Waals surface area contributed by atoms with Crippen LogP contribution in [0.2, 0.25) is 0 Å². The lowest BCUT2D eigenvalue weighted by molar-refractivity contribution is -0.122. The molecule has 0 bridgehead atoms. The lowest BCUT2D eigenvalue weighted by Gasteiger charge is -2.12. The Balaban J connectivity index is 1.81. The summed E-state index contributed by atoms with van der Waals surface area (Å²) in [7, 11) is 0. The number of hydrogen-bond donors (Lipinski definition) is 2. The van der Waals surface area contributed by atoms with E-state index in [0.717, 1.165) is 11.1 Å². The molecule has 1 amide bonds. The molecule has 1 aromatic heterocycles. The van der Waals surface area contributed by atoms with Gasteiger partial charge in [-0.3, -0.25) is 9.48 Å². The fourth-order valence-electron chi connectivity index (χ4n) is 1.80. The van der Waals surface area contributed by atoms with Gasteiger partial charge in [0, 0.05) is 12.7 Å². The average molecular weight is 258 g/mol. The van der Waals surface area contributed by atoms with Crippen LogP contribution >= 0.6 is 0 Å². The van der Waals surface area contributed by atoms with Gasteiger partial charge in [-0.05, 0) is 18.1 Å². The summed E-state index contributed by atoms with van der Waals surface area (Å²) in [5.41, 5.74) is 7.81. The third-order valence-corrected chi connectivity index (χ3v) is 2.84. The van der Waals surface area contributed by atoms with Crippen LogP contribution in [0.25, 0.3) is 0 Å². The van der Waals surface area contributed by atoms with Gasteiger partial charge in [0.05, 0.1) is 12.7 Å². The predicted molar refractivity (Wildman–Crippen MR) is 73.3 cm³/mol. The van der Waals surface area contributed by atoms with Crippen LogP contribution in [0.1, 0.15) is 17.2 Å². The highest BCUT2D eigenvalue weighted by molar-refractivity contribution is 5.82. The highest BCUT2D eigenvalue weighted by atomic mass is 16.2. The SMILES string of the molecule is Cc1cnn(CCNC(=O)C(N)c2ccccc2)c1. The molecule has 5 nitrogen and oxygen atoms in total. The first-order chi connectivity index (χ1) is 9.16. The second kappa shape index (κ2) is 6.15. The van der Waals surface area contributed by atoms with Gasteiger partial charge < -0.3 is 11.1 Å². The second-order valence-corrected chi connectivity index (χ2v) is 4.46. The van der Waals surface area contributed by atoms with Gasteiger partial charge in [0.2, 0.25) is 5.91 Å². The zero-order chi connectivity index (χ0) is 13.7. The molecular weight excluding hydrogens is 240 g/mol. The maximum absolute atomic E-state index is 11.9. The first kappa shape index (κ1) is 13.3. The van der Waals surface area contributed by atoms with Crippen LogP contribution in [-0.4, -0.2) is 22.2 Å². The highest BCUT2D eigenvalue weighted by Crippen LogP contribution is 2.08. The van der Waals surface area contributed by atoms with Crippen molar-refractivity contribution in [2.24, 2.45) is 5.73 Å². The summed E-state index contributed by atoms with van der Waals surface area (Å²) in [4.78, 5) is 11.9. The van der Waals surface area contributed by atoms with Crippen LogP contribution in [0.5, 0.6) is 0 Å². The number of benzene rings is 1. The molecule has 0 radical (unpaired) electrons. The first-order valence-corrected chi connectivity index (χ1v) is 6.24. The summed E-state index contributed by atoms with van der Waals surface area (Å²) in [6.45, 7) is 3.13. The van der Waals surface area contributed by atoms with Crippen LogP contribution in [0.15, 0.2) is 42.7 Å². The predicted octanol–water partition coefficient (Wildman–Crippen LogP) is 1.01. The molecule has 5 heteroatoms. The fourth-order valence-corrected chi connectivity index (χ4v) is 1.80. The molecular formula is C14H18N4O. The number of hydrogen-bond acceptors (Lipinski definition) is 3. The van der Waals surface area contributed by atoms with Crippen LogP contribution in [0.4, 0.5) is 0 Å². The van der Waals surface area contributed by atoms with E-state index in [0.29, 0.717) is 13.1 Å². The number of carbonyl (C=O) groups excluding carboxylic acids is 1. The minimum atomic E-state index is -0.624. The van der Waals surface area contributed by atoms with E-state index < -0.39 is 6.04 Å². The lowest BCUT2D eigenvalue weighted by atomic mass is 10.1. The minimum Gasteiger partial charge on any atom is -0.353 e. The molecule has 1 atom stereocenters. The molecule has 0 fully saturated rings. The van der Waals surface area contributed by atoms with Crippen molar-refractivity contribution in [3.8, 4) is 0 Å². The van der Waals surface area contributed by atoms with Crippen LogP contribution in [0, 0.1) is 6.92 Å². The maximum atomic E-state index is 11.9. The van der Waals surface area contributed by atoms with Crippen molar-refractivity contribution in [3.63, 3.8) is 0 Å². The second-order valence-electron chi connectivity index (χ2n) is 4.46. The van der Waals surface area contributed by atoms with E-state index in [1.54, 1.807) is 10.9 Å². The molecule has 0 saturated heterocycles. The van der Waals surface area contributed by atoms with E-state index in [-0.39, 0.29) is 5.91 Å². The average Bonchev–Trinajstić information content (AvgIpc) is 2.84. The van der Waals surface area contributed by atoms with Gasteiger partial charge in [-0.1, -0.05) is 30.3 Å². The highest BCUT2D eigenvalue weighted by Gasteiger charge is 2.14. The van der Waals surface area contributed by atoms with E-state index >= 15 is 0 Å². The molecule has 100 valence electrons. The van der Waals surface area contributed by atoms with Crippen molar-refractivity contribution < 1.29 is 4.79 Å². The molecule has 0 spiro atoms. The van der Waals surface area contributed by atoms with E-state index in [1.807, 2.05) is 43.5 Å². The molecule has 1 unspecified atom stereocenters. The Labute approximate surface area is 112 Å². The van der Waals surface area contributed by atoms with Crippen molar-refractivity contribution in [1.29, 1.82) is 0 Å². The lowest BCUT2D eigenvalue weighted by Crippen LogP contribution is -2.35. The largest absolute Gasteiger partial charge is 0.353 e.